The second-order valence-corrected chi connectivity index (χ2v) is 8.52. The van der Waals surface area contributed by atoms with E-state index in [-0.39, 0.29) is 18.1 Å². The number of rotatable bonds is 8. The Kier molecular flexibility index (Phi) is 6.94. The molecule has 0 saturated carbocycles. The van der Waals surface area contributed by atoms with E-state index in [1.165, 1.54) is 0 Å². The lowest BCUT2D eigenvalue weighted by Crippen LogP contribution is -2.33. The molecule has 0 spiro atoms. The highest BCUT2D eigenvalue weighted by atomic mass is 32.1. The smallest absolute Gasteiger partial charge is 0.243 e. The molecular formula is C21H26N4O3S2. The van der Waals surface area contributed by atoms with Gasteiger partial charge in [0.2, 0.25) is 5.91 Å². The van der Waals surface area contributed by atoms with E-state index in [1.54, 1.807) is 23.0 Å². The maximum atomic E-state index is 13.0. The normalized spacial score (nSPS) is 13.1. The Bertz CT molecular complexity index is 1060. The van der Waals surface area contributed by atoms with Crippen LogP contribution in [0.5, 0.6) is 11.5 Å². The number of carbonyl (C=O) groups excluding carboxylic acids is 1. The molecule has 160 valence electrons. The minimum atomic E-state index is -0.527. The number of aromatic nitrogens is 3. The third kappa shape index (κ3) is 4.73. The number of aromatic amines is 1. The number of nitrogens with one attached hydrogen (secondary N) is 2. The summed E-state index contributed by atoms with van der Waals surface area (Å²) in [5, 5.41) is 12.1. The van der Waals surface area contributed by atoms with Crippen LogP contribution in [-0.4, -0.2) is 33.9 Å². The summed E-state index contributed by atoms with van der Waals surface area (Å²) in [6, 6.07) is 8.81. The van der Waals surface area contributed by atoms with Crippen LogP contribution >= 0.6 is 23.6 Å². The molecular weight excluding hydrogens is 420 g/mol. The van der Waals surface area contributed by atoms with Gasteiger partial charge in [0.15, 0.2) is 22.1 Å². The Morgan fingerprint density at radius 3 is 2.63 bits per heavy atom. The molecule has 0 fully saturated rings. The van der Waals surface area contributed by atoms with Crippen LogP contribution in [0.1, 0.15) is 45.3 Å². The number of benzene rings is 1. The molecule has 2 N–H and O–H groups in total. The molecule has 2 heterocycles. The van der Waals surface area contributed by atoms with Crippen molar-refractivity contribution in [3.8, 4) is 22.2 Å². The van der Waals surface area contributed by atoms with Gasteiger partial charge >= 0.3 is 0 Å². The number of ether oxygens (including phenoxy) is 2. The molecule has 3 aromatic rings. The van der Waals surface area contributed by atoms with Crippen LogP contribution < -0.4 is 14.8 Å². The van der Waals surface area contributed by atoms with Crippen molar-refractivity contribution in [2.75, 3.05) is 7.11 Å². The summed E-state index contributed by atoms with van der Waals surface area (Å²) in [5.41, 5.74) is 0.915. The summed E-state index contributed by atoms with van der Waals surface area (Å²) in [5.74, 6) is 1.81. The molecule has 0 radical (unpaired) electrons. The van der Waals surface area contributed by atoms with Crippen molar-refractivity contribution in [3.05, 3.63) is 46.0 Å². The highest BCUT2D eigenvalue weighted by Crippen LogP contribution is 2.31. The van der Waals surface area contributed by atoms with Gasteiger partial charge in [-0.05, 0) is 69.1 Å². The van der Waals surface area contributed by atoms with Crippen molar-refractivity contribution in [1.29, 1.82) is 0 Å². The van der Waals surface area contributed by atoms with Crippen molar-refractivity contribution in [2.45, 2.75) is 45.9 Å². The zero-order valence-corrected chi connectivity index (χ0v) is 19.3. The number of methoxy groups -OCH3 is 1. The van der Waals surface area contributed by atoms with Crippen LogP contribution in [0.4, 0.5) is 0 Å². The van der Waals surface area contributed by atoms with E-state index in [9.17, 15) is 4.79 Å². The molecule has 2 atom stereocenters. The minimum Gasteiger partial charge on any atom is -0.493 e. The molecule has 0 aliphatic rings. The number of hydrogen-bond acceptors (Lipinski definition) is 6. The third-order valence-electron chi connectivity index (χ3n) is 4.62. The number of thiophene rings is 1. The SMILES string of the molecule is COc1cc(C(C)NC(=O)C(C)n2c(-c3cccs3)n[nH]c2=S)ccc1OC(C)C. The number of nitrogens with zero attached hydrogens (tertiary/aromatic N) is 2. The van der Waals surface area contributed by atoms with Gasteiger partial charge in [0.25, 0.3) is 0 Å². The lowest BCUT2D eigenvalue weighted by atomic mass is 10.1. The van der Waals surface area contributed by atoms with E-state index in [4.69, 9.17) is 21.7 Å². The first kappa shape index (κ1) is 22.0. The highest BCUT2D eigenvalue weighted by molar-refractivity contribution is 7.71. The molecule has 0 bridgehead atoms. The monoisotopic (exact) mass is 446 g/mol. The van der Waals surface area contributed by atoms with Crippen LogP contribution in [0.15, 0.2) is 35.7 Å². The highest BCUT2D eigenvalue weighted by Gasteiger charge is 2.23. The fourth-order valence-electron chi connectivity index (χ4n) is 3.08. The van der Waals surface area contributed by atoms with Gasteiger partial charge in [0.1, 0.15) is 6.04 Å². The lowest BCUT2D eigenvalue weighted by Gasteiger charge is -2.21. The van der Waals surface area contributed by atoms with Gasteiger partial charge in [0, 0.05) is 0 Å². The topological polar surface area (TPSA) is 81.2 Å². The molecule has 3 rings (SSSR count). The molecule has 7 nitrogen and oxygen atoms in total. The maximum Gasteiger partial charge on any atom is 0.243 e. The third-order valence-corrected chi connectivity index (χ3v) is 5.78. The Morgan fingerprint density at radius 1 is 1.23 bits per heavy atom. The van der Waals surface area contributed by atoms with Crippen molar-refractivity contribution in [3.63, 3.8) is 0 Å². The fourth-order valence-corrected chi connectivity index (χ4v) is 4.08. The van der Waals surface area contributed by atoms with Crippen molar-refractivity contribution in [2.24, 2.45) is 0 Å². The Labute approximate surface area is 185 Å². The number of H-pyrrole nitrogens is 1. The van der Waals surface area contributed by atoms with Gasteiger partial charge in [-0.15, -0.1) is 11.3 Å². The van der Waals surface area contributed by atoms with E-state index >= 15 is 0 Å². The van der Waals surface area contributed by atoms with E-state index < -0.39 is 6.04 Å². The van der Waals surface area contributed by atoms with Crippen LogP contribution in [0.2, 0.25) is 0 Å². The molecule has 0 saturated heterocycles. The van der Waals surface area contributed by atoms with Crippen LogP contribution in [-0.2, 0) is 4.79 Å². The Morgan fingerprint density at radius 2 is 2.00 bits per heavy atom. The van der Waals surface area contributed by atoms with Gasteiger partial charge in [-0.3, -0.25) is 14.5 Å². The average Bonchev–Trinajstić information content (AvgIpc) is 3.36. The van der Waals surface area contributed by atoms with Crippen molar-refractivity contribution in [1.82, 2.24) is 20.1 Å². The minimum absolute atomic E-state index is 0.0415. The molecule has 2 aromatic heterocycles. The number of carbonyl (C=O) groups is 1. The molecule has 0 aliphatic carbocycles. The van der Waals surface area contributed by atoms with Gasteiger partial charge < -0.3 is 14.8 Å². The summed E-state index contributed by atoms with van der Waals surface area (Å²) in [4.78, 5) is 13.9. The fraction of sp³-hybridized carbons (Fsp3) is 0.381. The standard InChI is InChI=1S/C21H26N4O3S2/c1-12(2)28-16-9-8-15(11-17(16)27-5)13(3)22-20(26)14(4)25-19(23-24-21(25)29)18-7-6-10-30-18/h6-14H,1-5H3,(H,22,26)(H,24,29). The van der Waals surface area contributed by atoms with Crippen LogP contribution in [0.25, 0.3) is 10.7 Å². The quantitative estimate of drug-likeness (QED) is 0.481. The molecule has 9 heteroatoms. The van der Waals surface area contributed by atoms with E-state index in [0.29, 0.717) is 22.1 Å². The zero-order valence-electron chi connectivity index (χ0n) is 17.6. The summed E-state index contributed by atoms with van der Waals surface area (Å²) in [6.07, 6.45) is 0.0415. The molecule has 30 heavy (non-hydrogen) atoms. The number of hydrogen-bond donors (Lipinski definition) is 2. The van der Waals surface area contributed by atoms with Gasteiger partial charge in [-0.25, -0.2) is 0 Å². The molecule has 0 aliphatic heterocycles. The largest absolute Gasteiger partial charge is 0.493 e. The summed E-state index contributed by atoms with van der Waals surface area (Å²) >= 11 is 6.92. The van der Waals surface area contributed by atoms with Gasteiger partial charge in [0.05, 0.1) is 24.1 Å². The van der Waals surface area contributed by atoms with Crippen molar-refractivity contribution < 1.29 is 14.3 Å². The predicted octanol–water partition coefficient (Wildman–Crippen LogP) is 4.90. The molecule has 1 amide bonds. The summed E-state index contributed by atoms with van der Waals surface area (Å²) in [6.45, 7) is 7.66. The lowest BCUT2D eigenvalue weighted by molar-refractivity contribution is -0.124. The van der Waals surface area contributed by atoms with E-state index in [0.717, 1.165) is 10.4 Å². The first-order valence-electron chi connectivity index (χ1n) is 9.67. The Balaban J connectivity index is 1.78. The molecule has 1 aromatic carbocycles. The first-order chi connectivity index (χ1) is 14.3. The first-order valence-corrected chi connectivity index (χ1v) is 11.0. The van der Waals surface area contributed by atoms with Gasteiger partial charge in [-0.1, -0.05) is 12.1 Å². The van der Waals surface area contributed by atoms with Crippen molar-refractivity contribution >= 4 is 29.5 Å². The van der Waals surface area contributed by atoms with E-state index in [2.05, 4.69) is 15.5 Å². The zero-order chi connectivity index (χ0) is 21.8. The maximum absolute atomic E-state index is 13.0. The second-order valence-electron chi connectivity index (χ2n) is 7.18. The van der Waals surface area contributed by atoms with Crippen LogP contribution in [0, 0.1) is 4.77 Å². The average molecular weight is 447 g/mol. The van der Waals surface area contributed by atoms with Gasteiger partial charge in [-0.2, -0.15) is 5.10 Å². The van der Waals surface area contributed by atoms with Crippen LogP contribution in [0.3, 0.4) is 0 Å². The Hall–Kier alpha value is -2.65. The summed E-state index contributed by atoms with van der Waals surface area (Å²) < 4.78 is 13.4. The summed E-state index contributed by atoms with van der Waals surface area (Å²) in [7, 11) is 1.60. The molecule has 2 unspecified atom stereocenters. The predicted molar refractivity (Wildman–Crippen MR) is 121 cm³/mol. The van der Waals surface area contributed by atoms with E-state index in [1.807, 2.05) is 63.4 Å². The second kappa shape index (κ2) is 9.44. The number of amides is 1.